The third-order valence-electron chi connectivity index (χ3n) is 3.53. The van der Waals surface area contributed by atoms with E-state index in [1.807, 2.05) is 0 Å². The van der Waals surface area contributed by atoms with Crippen LogP contribution in [0.1, 0.15) is 59.3 Å². The van der Waals surface area contributed by atoms with Gasteiger partial charge >= 0.3 is 0 Å². The van der Waals surface area contributed by atoms with Crippen molar-refractivity contribution in [1.82, 2.24) is 10.2 Å². The first-order chi connectivity index (χ1) is 7.71. The second-order valence-electron chi connectivity index (χ2n) is 4.85. The van der Waals surface area contributed by atoms with Gasteiger partial charge in [-0.3, -0.25) is 0 Å². The molecule has 2 heteroatoms. The summed E-state index contributed by atoms with van der Waals surface area (Å²) in [5.41, 5.74) is 0. The first-order valence-corrected chi connectivity index (χ1v) is 7.08. The SMILES string of the molecule is CCCCCN(C)C(CC)C(CCC)NC. The van der Waals surface area contributed by atoms with Crippen LogP contribution in [0.3, 0.4) is 0 Å². The van der Waals surface area contributed by atoms with Crippen molar-refractivity contribution in [3.05, 3.63) is 0 Å². The summed E-state index contributed by atoms with van der Waals surface area (Å²) in [7, 11) is 4.38. The van der Waals surface area contributed by atoms with Gasteiger partial charge in [0.1, 0.15) is 0 Å². The zero-order valence-electron chi connectivity index (χ0n) is 12.1. The first kappa shape index (κ1) is 15.9. The van der Waals surface area contributed by atoms with Crippen LogP contribution in [0.15, 0.2) is 0 Å². The third-order valence-corrected chi connectivity index (χ3v) is 3.53. The molecule has 0 saturated carbocycles. The largest absolute Gasteiger partial charge is 0.315 e. The van der Waals surface area contributed by atoms with E-state index in [-0.39, 0.29) is 0 Å². The van der Waals surface area contributed by atoms with Crippen LogP contribution in [0.25, 0.3) is 0 Å². The van der Waals surface area contributed by atoms with Crippen molar-refractivity contribution in [2.45, 2.75) is 71.4 Å². The molecule has 0 aliphatic carbocycles. The third kappa shape index (κ3) is 5.86. The van der Waals surface area contributed by atoms with Crippen molar-refractivity contribution in [2.24, 2.45) is 0 Å². The van der Waals surface area contributed by atoms with Crippen LogP contribution in [0.4, 0.5) is 0 Å². The molecule has 0 bridgehead atoms. The van der Waals surface area contributed by atoms with Gasteiger partial charge in [0, 0.05) is 12.1 Å². The number of rotatable bonds is 10. The smallest absolute Gasteiger partial charge is 0.0243 e. The lowest BCUT2D eigenvalue weighted by molar-refractivity contribution is 0.181. The molecule has 0 aromatic heterocycles. The van der Waals surface area contributed by atoms with Crippen LogP contribution >= 0.6 is 0 Å². The Labute approximate surface area is 103 Å². The van der Waals surface area contributed by atoms with E-state index in [0.717, 1.165) is 0 Å². The highest BCUT2D eigenvalue weighted by molar-refractivity contribution is 4.81. The predicted octanol–water partition coefficient (Wildman–Crippen LogP) is 3.28. The quantitative estimate of drug-likeness (QED) is 0.577. The van der Waals surface area contributed by atoms with E-state index >= 15 is 0 Å². The van der Waals surface area contributed by atoms with Crippen LogP contribution in [0.5, 0.6) is 0 Å². The van der Waals surface area contributed by atoms with E-state index in [0.29, 0.717) is 12.1 Å². The monoisotopic (exact) mass is 228 g/mol. The molecule has 0 aromatic carbocycles. The van der Waals surface area contributed by atoms with E-state index in [9.17, 15) is 0 Å². The van der Waals surface area contributed by atoms with Gasteiger partial charge in [0.05, 0.1) is 0 Å². The van der Waals surface area contributed by atoms with Gasteiger partial charge in [-0.15, -0.1) is 0 Å². The molecular weight excluding hydrogens is 196 g/mol. The standard InChI is InChI=1S/C14H32N2/c1-6-9-10-12-16(5)14(8-3)13(15-4)11-7-2/h13-15H,6-12H2,1-5H3. The fraction of sp³-hybridized carbons (Fsp3) is 1.00. The lowest BCUT2D eigenvalue weighted by atomic mass is 9.99. The minimum absolute atomic E-state index is 0.654. The van der Waals surface area contributed by atoms with E-state index < -0.39 is 0 Å². The fourth-order valence-electron chi connectivity index (χ4n) is 2.52. The second-order valence-corrected chi connectivity index (χ2v) is 4.85. The van der Waals surface area contributed by atoms with Gasteiger partial charge in [0.15, 0.2) is 0 Å². The van der Waals surface area contributed by atoms with Crippen molar-refractivity contribution in [1.29, 1.82) is 0 Å². The molecular formula is C14H32N2. The topological polar surface area (TPSA) is 15.3 Å². The Morgan fingerprint density at radius 2 is 1.75 bits per heavy atom. The maximum absolute atomic E-state index is 3.48. The Kier molecular flexibility index (Phi) is 10.0. The number of likely N-dealkylation sites (N-methyl/N-ethyl adjacent to an activating group) is 2. The molecule has 0 rings (SSSR count). The predicted molar refractivity (Wildman–Crippen MR) is 74.0 cm³/mol. The molecule has 1 N–H and O–H groups in total. The molecule has 0 aliphatic heterocycles. The lowest BCUT2D eigenvalue weighted by Crippen LogP contribution is -2.47. The highest BCUT2D eigenvalue weighted by atomic mass is 15.2. The van der Waals surface area contributed by atoms with Crippen LogP contribution < -0.4 is 5.32 Å². The Hall–Kier alpha value is -0.0800. The normalized spacial score (nSPS) is 15.4. The van der Waals surface area contributed by atoms with Gasteiger partial charge in [-0.25, -0.2) is 0 Å². The average Bonchev–Trinajstić information content (AvgIpc) is 2.29. The molecule has 16 heavy (non-hydrogen) atoms. The van der Waals surface area contributed by atoms with E-state index in [4.69, 9.17) is 0 Å². The summed E-state index contributed by atoms with van der Waals surface area (Å²) in [5.74, 6) is 0. The summed E-state index contributed by atoms with van der Waals surface area (Å²) in [5, 5.41) is 3.48. The maximum atomic E-state index is 3.48. The Morgan fingerprint density at radius 3 is 2.19 bits per heavy atom. The lowest BCUT2D eigenvalue weighted by Gasteiger charge is -2.34. The molecule has 0 radical (unpaired) electrons. The van der Waals surface area contributed by atoms with Gasteiger partial charge in [-0.2, -0.15) is 0 Å². The zero-order valence-corrected chi connectivity index (χ0v) is 12.1. The molecule has 2 atom stereocenters. The molecule has 2 nitrogen and oxygen atoms in total. The molecule has 0 spiro atoms. The first-order valence-electron chi connectivity index (χ1n) is 7.08. The molecule has 2 unspecified atom stereocenters. The molecule has 0 saturated heterocycles. The highest BCUT2D eigenvalue weighted by Gasteiger charge is 2.21. The molecule has 0 amide bonds. The molecule has 0 aliphatic rings. The number of hydrogen-bond acceptors (Lipinski definition) is 2. The van der Waals surface area contributed by atoms with Crippen LogP contribution in [0.2, 0.25) is 0 Å². The van der Waals surface area contributed by atoms with Gasteiger partial charge in [0.2, 0.25) is 0 Å². The van der Waals surface area contributed by atoms with Crippen LogP contribution in [-0.4, -0.2) is 37.6 Å². The summed E-state index contributed by atoms with van der Waals surface area (Å²) in [4.78, 5) is 2.55. The fourth-order valence-corrected chi connectivity index (χ4v) is 2.52. The van der Waals surface area contributed by atoms with Crippen molar-refractivity contribution in [2.75, 3.05) is 20.6 Å². The Morgan fingerprint density at radius 1 is 1.06 bits per heavy atom. The zero-order chi connectivity index (χ0) is 12.4. The summed E-state index contributed by atoms with van der Waals surface area (Å²) in [6.45, 7) is 8.09. The molecule has 0 heterocycles. The summed E-state index contributed by atoms with van der Waals surface area (Å²) in [6.07, 6.45) is 7.81. The highest BCUT2D eigenvalue weighted by Crippen LogP contribution is 2.13. The van der Waals surface area contributed by atoms with Crippen molar-refractivity contribution in [3.8, 4) is 0 Å². The van der Waals surface area contributed by atoms with Gasteiger partial charge < -0.3 is 10.2 Å². The summed E-state index contributed by atoms with van der Waals surface area (Å²) < 4.78 is 0. The van der Waals surface area contributed by atoms with Crippen LogP contribution in [-0.2, 0) is 0 Å². The number of unbranched alkanes of at least 4 members (excludes halogenated alkanes) is 2. The maximum Gasteiger partial charge on any atom is 0.0243 e. The molecule has 0 fully saturated rings. The minimum Gasteiger partial charge on any atom is -0.315 e. The number of nitrogens with zero attached hydrogens (tertiary/aromatic N) is 1. The van der Waals surface area contributed by atoms with Gasteiger partial charge in [0.25, 0.3) is 0 Å². The Balaban J connectivity index is 4.10. The summed E-state index contributed by atoms with van der Waals surface area (Å²) >= 11 is 0. The van der Waals surface area contributed by atoms with E-state index in [2.05, 4.69) is 45.1 Å². The van der Waals surface area contributed by atoms with Gasteiger partial charge in [-0.05, 0) is 39.9 Å². The molecule has 98 valence electrons. The minimum atomic E-state index is 0.654. The number of nitrogens with one attached hydrogen (secondary N) is 1. The molecule has 0 aromatic rings. The average molecular weight is 228 g/mol. The van der Waals surface area contributed by atoms with Gasteiger partial charge in [-0.1, -0.05) is 40.0 Å². The van der Waals surface area contributed by atoms with E-state index in [1.165, 1.54) is 45.1 Å². The number of hydrogen-bond donors (Lipinski definition) is 1. The Bertz CT molecular complexity index is 148. The second kappa shape index (κ2) is 10.1. The van der Waals surface area contributed by atoms with Crippen molar-refractivity contribution < 1.29 is 0 Å². The van der Waals surface area contributed by atoms with Crippen LogP contribution in [0, 0.1) is 0 Å². The van der Waals surface area contributed by atoms with Crippen molar-refractivity contribution in [3.63, 3.8) is 0 Å². The van der Waals surface area contributed by atoms with Crippen molar-refractivity contribution >= 4 is 0 Å². The summed E-state index contributed by atoms with van der Waals surface area (Å²) in [6, 6.07) is 1.35. The van der Waals surface area contributed by atoms with E-state index in [1.54, 1.807) is 0 Å².